The van der Waals surface area contributed by atoms with Crippen molar-refractivity contribution in [2.75, 3.05) is 5.32 Å². The fraction of sp³-hybridized carbons (Fsp3) is 0.533. The number of benzene rings is 1. The first-order valence-electron chi connectivity index (χ1n) is 6.90. The predicted octanol–water partition coefficient (Wildman–Crippen LogP) is 2.79. The Balaban J connectivity index is 1.65. The Labute approximate surface area is 108 Å². The average molecular weight is 244 g/mol. The zero-order valence-electron chi connectivity index (χ0n) is 10.8. The summed E-state index contributed by atoms with van der Waals surface area (Å²) in [5.41, 5.74) is 1.81. The van der Waals surface area contributed by atoms with Crippen molar-refractivity contribution < 1.29 is 4.79 Å². The van der Waals surface area contributed by atoms with E-state index < -0.39 is 0 Å². The molecule has 1 unspecified atom stereocenters. The van der Waals surface area contributed by atoms with E-state index >= 15 is 0 Å². The molecule has 0 heterocycles. The lowest BCUT2D eigenvalue weighted by Crippen LogP contribution is -2.25. The quantitative estimate of drug-likeness (QED) is 0.836. The maximum absolute atomic E-state index is 11.9. The molecule has 3 heteroatoms. The molecule has 2 fully saturated rings. The van der Waals surface area contributed by atoms with Crippen LogP contribution in [0.5, 0.6) is 0 Å². The van der Waals surface area contributed by atoms with Gasteiger partial charge in [0, 0.05) is 23.3 Å². The van der Waals surface area contributed by atoms with Crippen LogP contribution < -0.4 is 10.6 Å². The molecule has 2 N–H and O–H groups in total. The second kappa shape index (κ2) is 4.63. The minimum absolute atomic E-state index is 0.0558. The second-order valence-electron chi connectivity index (χ2n) is 5.60. The van der Waals surface area contributed by atoms with Gasteiger partial charge in [0.25, 0.3) is 5.91 Å². The summed E-state index contributed by atoms with van der Waals surface area (Å²) in [7, 11) is 0. The van der Waals surface area contributed by atoms with E-state index in [1.807, 2.05) is 24.3 Å². The van der Waals surface area contributed by atoms with Gasteiger partial charge in [0.2, 0.25) is 0 Å². The average Bonchev–Trinajstić information content (AvgIpc) is 3.23. The molecule has 0 saturated heterocycles. The molecular weight excluding hydrogens is 224 g/mol. The highest BCUT2D eigenvalue weighted by atomic mass is 16.1. The van der Waals surface area contributed by atoms with Gasteiger partial charge in [0.15, 0.2) is 0 Å². The van der Waals surface area contributed by atoms with E-state index in [-0.39, 0.29) is 5.91 Å². The molecule has 0 spiro atoms. The van der Waals surface area contributed by atoms with Gasteiger partial charge in [0.05, 0.1) is 0 Å². The minimum Gasteiger partial charge on any atom is -0.382 e. The first-order chi connectivity index (χ1) is 8.72. The SMILES string of the molecule is CC(Nc1cccc(C(=O)NC2CC2)c1)C1CC1. The molecule has 3 rings (SSSR count). The summed E-state index contributed by atoms with van der Waals surface area (Å²) < 4.78 is 0. The number of rotatable bonds is 5. The normalized spacial score (nSPS) is 20.3. The molecule has 2 aliphatic rings. The number of amides is 1. The summed E-state index contributed by atoms with van der Waals surface area (Å²) in [5.74, 6) is 0.870. The van der Waals surface area contributed by atoms with E-state index in [2.05, 4.69) is 17.6 Å². The van der Waals surface area contributed by atoms with Crippen molar-refractivity contribution >= 4 is 11.6 Å². The Kier molecular flexibility index (Phi) is 2.98. The lowest BCUT2D eigenvalue weighted by atomic mass is 10.1. The Morgan fingerprint density at radius 1 is 1.28 bits per heavy atom. The smallest absolute Gasteiger partial charge is 0.251 e. The fourth-order valence-electron chi connectivity index (χ4n) is 2.22. The Hall–Kier alpha value is -1.51. The highest BCUT2D eigenvalue weighted by molar-refractivity contribution is 5.95. The summed E-state index contributed by atoms with van der Waals surface area (Å²) in [6.07, 6.45) is 4.91. The van der Waals surface area contributed by atoms with Crippen LogP contribution in [0.4, 0.5) is 5.69 Å². The molecule has 1 aromatic carbocycles. The number of hydrogen-bond donors (Lipinski definition) is 2. The highest BCUT2D eigenvalue weighted by Gasteiger charge is 2.28. The van der Waals surface area contributed by atoms with E-state index in [4.69, 9.17) is 0 Å². The fourth-order valence-corrected chi connectivity index (χ4v) is 2.22. The summed E-state index contributed by atoms with van der Waals surface area (Å²) in [4.78, 5) is 11.9. The van der Waals surface area contributed by atoms with Crippen molar-refractivity contribution in [1.29, 1.82) is 0 Å². The van der Waals surface area contributed by atoms with Crippen molar-refractivity contribution in [2.45, 2.75) is 44.7 Å². The monoisotopic (exact) mass is 244 g/mol. The lowest BCUT2D eigenvalue weighted by molar-refractivity contribution is 0.0951. The van der Waals surface area contributed by atoms with Crippen LogP contribution in [0, 0.1) is 5.92 Å². The topological polar surface area (TPSA) is 41.1 Å². The molecule has 3 nitrogen and oxygen atoms in total. The molecule has 1 atom stereocenters. The first-order valence-corrected chi connectivity index (χ1v) is 6.90. The van der Waals surface area contributed by atoms with Crippen LogP contribution >= 0.6 is 0 Å². The number of carbonyl (C=O) groups is 1. The molecule has 96 valence electrons. The van der Waals surface area contributed by atoms with E-state index in [9.17, 15) is 4.79 Å². The van der Waals surface area contributed by atoms with Crippen LogP contribution in [-0.2, 0) is 0 Å². The summed E-state index contributed by atoms with van der Waals surface area (Å²) in [6.45, 7) is 2.22. The van der Waals surface area contributed by atoms with Gasteiger partial charge in [0.1, 0.15) is 0 Å². The molecule has 2 aliphatic carbocycles. The third kappa shape index (κ3) is 2.84. The number of carbonyl (C=O) groups excluding carboxylic acids is 1. The van der Waals surface area contributed by atoms with Gasteiger partial charge >= 0.3 is 0 Å². The van der Waals surface area contributed by atoms with Gasteiger partial charge in [-0.3, -0.25) is 4.79 Å². The molecule has 0 radical (unpaired) electrons. The van der Waals surface area contributed by atoms with Crippen LogP contribution in [0.2, 0.25) is 0 Å². The third-order valence-electron chi connectivity index (χ3n) is 3.76. The summed E-state index contributed by atoms with van der Waals surface area (Å²) in [5, 5.41) is 6.51. The largest absolute Gasteiger partial charge is 0.382 e. The van der Waals surface area contributed by atoms with Crippen molar-refractivity contribution in [3.05, 3.63) is 29.8 Å². The molecule has 18 heavy (non-hydrogen) atoms. The number of nitrogens with one attached hydrogen (secondary N) is 2. The molecular formula is C15H20N2O. The van der Waals surface area contributed by atoms with Crippen LogP contribution in [-0.4, -0.2) is 18.0 Å². The van der Waals surface area contributed by atoms with E-state index in [0.717, 1.165) is 30.0 Å². The molecule has 1 aromatic rings. The van der Waals surface area contributed by atoms with Gasteiger partial charge in [-0.15, -0.1) is 0 Å². The van der Waals surface area contributed by atoms with Crippen LogP contribution in [0.1, 0.15) is 43.0 Å². The molecule has 0 bridgehead atoms. The predicted molar refractivity (Wildman–Crippen MR) is 72.7 cm³/mol. The third-order valence-corrected chi connectivity index (χ3v) is 3.76. The van der Waals surface area contributed by atoms with Gasteiger partial charge in [-0.2, -0.15) is 0 Å². The second-order valence-corrected chi connectivity index (χ2v) is 5.60. The van der Waals surface area contributed by atoms with Gasteiger partial charge in [-0.05, 0) is 56.7 Å². The zero-order valence-corrected chi connectivity index (χ0v) is 10.8. The maximum Gasteiger partial charge on any atom is 0.251 e. The van der Waals surface area contributed by atoms with Crippen molar-refractivity contribution in [2.24, 2.45) is 5.92 Å². The first kappa shape index (κ1) is 11.6. The van der Waals surface area contributed by atoms with Gasteiger partial charge < -0.3 is 10.6 Å². The van der Waals surface area contributed by atoms with Crippen LogP contribution in [0.15, 0.2) is 24.3 Å². The minimum atomic E-state index is 0.0558. The van der Waals surface area contributed by atoms with E-state index in [1.165, 1.54) is 12.8 Å². The van der Waals surface area contributed by atoms with Crippen molar-refractivity contribution in [1.82, 2.24) is 5.32 Å². The zero-order chi connectivity index (χ0) is 12.5. The Bertz CT molecular complexity index is 450. The van der Waals surface area contributed by atoms with Crippen molar-refractivity contribution in [3.63, 3.8) is 0 Å². The van der Waals surface area contributed by atoms with Gasteiger partial charge in [-0.25, -0.2) is 0 Å². The summed E-state index contributed by atoms with van der Waals surface area (Å²) >= 11 is 0. The Morgan fingerprint density at radius 2 is 2.06 bits per heavy atom. The molecule has 2 saturated carbocycles. The van der Waals surface area contributed by atoms with Gasteiger partial charge in [-0.1, -0.05) is 6.07 Å². The van der Waals surface area contributed by atoms with Crippen LogP contribution in [0.25, 0.3) is 0 Å². The van der Waals surface area contributed by atoms with E-state index in [0.29, 0.717) is 12.1 Å². The molecule has 0 aliphatic heterocycles. The number of hydrogen-bond acceptors (Lipinski definition) is 2. The standard InChI is InChI=1S/C15H20N2O/c1-10(11-5-6-11)16-14-4-2-3-12(9-14)15(18)17-13-7-8-13/h2-4,9-11,13,16H,5-8H2,1H3,(H,17,18). The van der Waals surface area contributed by atoms with Crippen LogP contribution in [0.3, 0.4) is 0 Å². The maximum atomic E-state index is 11.9. The Morgan fingerprint density at radius 3 is 2.72 bits per heavy atom. The number of anilines is 1. The highest BCUT2D eigenvalue weighted by Crippen LogP contribution is 2.34. The molecule has 0 aromatic heterocycles. The van der Waals surface area contributed by atoms with Crippen molar-refractivity contribution in [3.8, 4) is 0 Å². The lowest BCUT2D eigenvalue weighted by Gasteiger charge is -2.15. The summed E-state index contributed by atoms with van der Waals surface area (Å²) in [6, 6.07) is 8.74. The van der Waals surface area contributed by atoms with E-state index in [1.54, 1.807) is 0 Å². The molecule has 1 amide bonds.